The molecule has 0 fully saturated rings. The highest BCUT2D eigenvalue weighted by Crippen LogP contribution is 2.12. The van der Waals surface area contributed by atoms with Crippen LogP contribution in [0.25, 0.3) is 0 Å². The van der Waals surface area contributed by atoms with Crippen molar-refractivity contribution in [1.82, 2.24) is 4.90 Å². The van der Waals surface area contributed by atoms with Gasteiger partial charge in [-0.05, 0) is 51.3 Å². The molecule has 0 aliphatic carbocycles. The molecule has 0 aliphatic rings. The average molecular weight is 336 g/mol. The van der Waals surface area contributed by atoms with Gasteiger partial charge in [0.25, 0.3) is 0 Å². The number of aliphatic hydroxyl groups excluding tert-OH is 1. The van der Waals surface area contributed by atoms with Crippen LogP contribution in [-0.4, -0.2) is 41.2 Å². The molecule has 6 nitrogen and oxygen atoms in total. The Kier molecular flexibility index (Phi) is 7.71. The van der Waals surface area contributed by atoms with E-state index in [-0.39, 0.29) is 18.6 Å². The minimum atomic E-state index is -0.503. The number of benzene rings is 1. The van der Waals surface area contributed by atoms with Crippen molar-refractivity contribution in [2.45, 2.75) is 52.2 Å². The summed E-state index contributed by atoms with van der Waals surface area (Å²) in [6, 6.07) is 7.07. The molecule has 0 aliphatic heterocycles. The zero-order valence-corrected chi connectivity index (χ0v) is 15.0. The van der Waals surface area contributed by atoms with E-state index < -0.39 is 5.60 Å². The van der Waals surface area contributed by atoms with Crippen LogP contribution in [0, 0.1) is 0 Å². The maximum Gasteiger partial charge on any atom is 0.410 e. The monoisotopic (exact) mass is 336 g/mol. The van der Waals surface area contributed by atoms with Gasteiger partial charge in [-0.15, -0.1) is 0 Å². The van der Waals surface area contributed by atoms with E-state index in [2.05, 4.69) is 5.32 Å². The molecule has 1 aromatic rings. The predicted octanol–water partition coefficient (Wildman–Crippen LogP) is 3.15. The predicted molar refractivity (Wildman–Crippen MR) is 93.7 cm³/mol. The van der Waals surface area contributed by atoms with Crippen LogP contribution in [-0.2, 0) is 16.1 Å². The number of unbranched alkanes of at least 4 members (excludes halogenated alkanes) is 1. The van der Waals surface area contributed by atoms with E-state index in [1.807, 2.05) is 20.8 Å². The van der Waals surface area contributed by atoms with Crippen molar-refractivity contribution in [3.63, 3.8) is 0 Å². The molecule has 2 N–H and O–H groups in total. The molecule has 0 radical (unpaired) electrons. The first kappa shape index (κ1) is 20.0. The number of hydrogen-bond donors (Lipinski definition) is 2. The third-order valence-corrected chi connectivity index (χ3v) is 3.27. The van der Waals surface area contributed by atoms with Crippen LogP contribution in [0.3, 0.4) is 0 Å². The molecule has 1 aromatic carbocycles. The van der Waals surface area contributed by atoms with Crippen LogP contribution in [0.2, 0.25) is 0 Å². The van der Waals surface area contributed by atoms with Crippen molar-refractivity contribution in [2.24, 2.45) is 0 Å². The minimum Gasteiger partial charge on any atom is -0.444 e. The number of anilines is 1. The van der Waals surface area contributed by atoms with E-state index in [1.54, 1.807) is 31.3 Å². The fourth-order valence-electron chi connectivity index (χ4n) is 1.98. The van der Waals surface area contributed by atoms with Gasteiger partial charge >= 0.3 is 6.09 Å². The zero-order chi connectivity index (χ0) is 18.2. The van der Waals surface area contributed by atoms with Crippen molar-refractivity contribution in [2.75, 3.05) is 18.9 Å². The summed E-state index contributed by atoms with van der Waals surface area (Å²) >= 11 is 0. The van der Waals surface area contributed by atoms with Gasteiger partial charge in [0.15, 0.2) is 0 Å². The summed E-state index contributed by atoms with van der Waals surface area (Å²) in [5, 5.41) is 11.8. The number of rotatable bonds is 7. The van der Waals surface area contributed by atoms with Gasteiger partial charge in [0.05, 0.1) is 6.61 Å². The van der Waals surface area contributed by atoms with E-state index >= 15 is 0 Å². The summed E-state index contributed by atoms with van der Waals surface area (Å²) in [4.78, 5) is 25.2. The van der Waals surface area contributed by atoms with Crippen molar-refractivity contribution in [3.05, 3.63) is 29.8 Å². The molecule has 0 atom stereocenters. The Bertz CT molecular complexity index is 535. The van der Waals surface area contributed by atoms with Gasteiger partial charge in [-0.2, -0.15) is 0 Å². The summed E-state index contributed by atoms with van der Waals surface area (Å²) in [6.07, 6.45) is 1.46. The van der Waals surface area contributed by atoms with Gasteiger partial charge in [-0.1, -0.05) is 12.1 Å². The van der Waals surface area contributed by atoms with E-state index in [0.29, 0.717) is 25.1 Å². The molecule has 134 valence electrons. The van der Waals surface area contributed by atoms with Gasteiger partial charge in [0.2, 0.25) is 5.91 Å². The van der Waals surface area contributed by atoms with E-state index in [9.17, 15) is 9.59 Å². The van der Waals surface area contributed by atoms with Crippen LogP contribution in [0.15, 0.2) is 24.3 Å². The molecular weight excluding hydrogens is 308 g/mol. The second kappa shape index (κ2) is 9.27. The first-order valence-electron chi connectivity index (χ1n) is 8.15. The van der Waals surface area contributed by atoms with Crippen LogP contribution in [0.4, 0.5) is 10.5 Å². The number of amides is 2. The topological polar surface area (TPSA) is 78.9 Å². The maximum absolute atomic E-state index is 11.9. The summed E-state index contributed by atoms with van der Waals surface area (Å²) in [7, 11) is 1.69. The Morgan fingerprint density at radius 3 is 2.33 bits per heavy atom. The van der Waals surface area contributed by atoms with Crippen LogP contribution >= 0.6 is 0 Å². The number of carbonyl (C=O) groups is 2. The number of nitrogens with one attached hydrogen (secondary N) is 1. The molecule has 0 heterocycles. The molecular formula is C18H28N2O4. The van der Waals surface area contributed by atoms with Gasteiger partial charge < -0.3 is 20.1 Å². The summed E-state index contributed by atoms with van der Waals surface area (Å²) in [5.41, 5.74) is 1.01. The van der Waals surface area contributed by atoms with Gasteiger partial charge in [-0.25, -0.2) is 4.79 Å². The van der Waals surface area contributed by atoms with E-state index in [4.69, 9.17) is 9.84 Å². The quantitative estimate of drug-likeness (QED) is 0.750. The number of ether oxygens (including phenoxy) is 1. The molecule has 0 saturated carbocycles. The number of aliphatic hydroxyl groups is 1. The molecule has 0 spiro atoms. The first-order valence-corrected chi connectivity index (χ1v) is 8.15. The third-order valence-electron chi connectivity index (χ3n) is 3.27. The fraction of sp³-hybridized carbons (Fsp3) is 0.556. The summed E-state index contributed by atoms with van der Waals surface area (Å²) in [5.74, 6) is -0.0633. The Balaban J connectivity index is 2.24. The van der Waals surface area contributed by atoms with E-state index in [1.165, 1.54) is 4.90 Å². The number of carbonyl (C=O) groups excluding carboxylic acids is 2. The second-order valence-electron chi connectivity index (χ2n) is 6.76. The molecule has 0 aromatic heterocycles. The smallest absolute Gasteiger partial charge is 0.410 e. The zero-order valence-electron chi connectivity index (χ0n) is 15.0. The minimum absolute atomic E-state index is 0.0145. The van der Waals surface area contributed by atoms with Gasteiger partial charge in [0.1, 0.15) is 5.60 Å². The first-order chi connectivity index (χ1) is 11.2. The van der Waals surface area contributed by atoms with Gasteiger partial charge in [0, 0.05) is 25.7 Å². The molecule has 2 amide bonds. The molecule has 6 heteroatoms. The highest BCUT2D eigenvalue weighted by atomic mass is 16.6. The Hall–Kier alpha value is -2.08. The number of hydrogen-bond acceptors (Lipinski definition) is 4. The lowest BCUT2D eigenvalue weighted by atomic mass is 10.2. The normalized spacial score (nSPS) is 11.0. The van der Waals surface area contributed by atoms with Gasteiger partial charge in [-0.3, -0.25) is 4.79 Å². The lowest BCUT2D eigenvalue weighted by molar-refractivity contribution is -0.116. The average Bonchev–Trinajstić information content (AvgIpc) is 2.50. The molecule has 24 heavy (non-hydrogen) atoms. The van der Waals surface area contributed by atoms with Crippen LogP contribution < -0.4 is 5.32 Å². The Morgan fingerprint density at radius 1 is 1.17 bits per heavy atom. The maximum atomic E-state index is 11.9. The van der Waals surface area contributed by atoms with Crippen LogP contribution in [0.1, 0.15) is 45.6 Å². The Morgan fingerprint density at radius 2 is 1.79 bits per heavy atom. The summed E-state index contributed by atoms with van der Waals surface area (Å²) < 4.78 is 5.27. The standard InChI is InChI=1S/C18H28N2O4/c1-18(2,3)24-17(23)20(4)12-6-5-7-16(22)19-15-10-8-14(13-21)9-11-15/h8-11,21H,5-7,12-13H2,1-4H3,(H,19,22). The summed E-state index contributed by atoms with van der Waals surface area (Å²) in [6.45, 7) is 6.02. The second-order valence-corrected chi connectivity index (χ2v) is 6.76. The molecule has 1 rings (SSSR count). The van der Waals surface area contributed by atoms with Crippen molar-refractivity contribution in [3.8, 4) is 0 Å². The molecule has 0 unspecified atom stereocenters. The van der Waals surface area contributed by atoms with Crippen LogP contribution in [0.5, 0.6) is 0 Å². The lowest BCUT2D eigenvalue weighted by Crippen LogP contribution is -2.34. The lowest BCUT2D eigenvalue weighted by Gasteiger charge is -2.24. The van der Waals surface area contributed by atoms with Crippen molar-refractivity contribution in [1.29, 1.82) is 0 Å². The number of nitrogens with zero attached hydrogens (tertiary/aromatic N) is 1. The molecule has 0 bridgehead atoms. The Labute approximate surface area is 143 Å². The van der Waals surface area contributed by atoms with Crippen molar-refractivity contribution >= 4 is 17.7 Å². The van der Waals surface area contributed by atoms with E-state index in [0.717, 1.165) is 12.0 Å². The largest absolute Gasteiger partial charge is 0.444 e. The fourth-order valence-corrected chi connectivity index (χ4v) is 1.98. The third kappa shape index (κ3) is 7.97. The van der Waals surface area contributed by atoms with Crippen molar-refractivity contribution < 1.29 is 19.4 Å². The molecule has 0 saturated heterocycles. The highest BCUT2D eigenvalue weighted by molar-refractivity contribution is 5.90. The highest BCUT2D eigenvalue weighted by Gasteiger charge is 2.19. The SMILES string of the molecule is CN(CCCCC(=O)Nc1ccc(CO)cc1)C(=O)OC(C)(C)C.